The molecule has 0 aliphatic rings. The highest BCUT2D eigenvalue weighted by atomic mass is 16.2. The zero-order valence-electron chi connectivity index (χ0n) is 10.6. The molecule has 2 amide bonds. The maximum absolute atomic E-state index is 11.3. The first kappa shape index (κ1) is 15.6. The number of hydrogen-bond acceptors (Lipinski definition) is 3. The first-order valence-electron chi connectivity index (χ1n) is 5.99. The van der Waals surface area contributed by atoms with Crippen LogP contribution in [0.4, 0.5) is 0 Å². The van der Waals surface area contributed by atoms with Crippen molar-refractivity contribution in [2.45, 2.75) is 46.0 Å². The highest BCUT2D eigenvalue weighted by Crippen LogP contribution is 2.04. The quantitative estimate of drug-likeness (QED) is 0.352. The van der Waals surface area contributed by atoms with Crippen LogP contribution in [-0.2, 0) is 14.4 Å². The van der Waals surface area contributed by atoms with E-state index in [1.165, 1.54) is 11.0 Å². The van der Waals surface area contributed by atoms with Gasteiger partial charge in [-0.3, -0.25) is 14.5 Å². The van der Waals surface area contributed by atoms with Crippen LogP contribution in [0.25, 0.3) is 0 Å². The van der Waals surface area contributed by atoms with E-state index in [0.29, 0.717) is 19.4 Å². The van der Waals surface area contributed by atoms with E-state index in [-0.39, 0.29) is 11.7 Å². The van der Waals surface area contributed by atoms with Crippen LogP contribution in [0.5, 0.6) is 0 Å². The largest absolute Gasteiger partial charge is 0.300 e. The minimum atomic E-state index is -0.272. The Balaban J connectivity index is 3.67. The third kappa shape index (κ3) is 8.37. The molecule has 0 heterocycles. The Hall–Kier alpha value is -1.45. The van der Waals surface area contributed by atoms with Gasteiger partial charge in [0.25, 0.3) is 5.91 Å². The molecule has 0 aromatic rings. The topological polar surface area (TPSA) is 54.5 Å². The summed E-state index contributed by atoms with van der Waals surface area (Å²) in [7, 11) is 0. The molecular weight excluding hydrogens is 218 g/mol. The van der Waals surface area contributed by atoms with Gasteiger partial charge in [0.2, 0.25) is 6.41 Å². The van der Waals surface area contributed by atoms with E-state index >= 15 is 0 Å². The van der Waals surface area contributed by atoms with E-state index in [9.17, 15) is 14.4 Å². The SMILES string of the molecule is C/C=C\C(=O)N(C=O)CCCCCCC(C)=O. The number of carbonyl (C=O) groups excluding carboxylic acids is 3. The van der Waals surface area contributed by atoms with Crippen molar-refractivity contribution >= 4 is 18.1 Å². The first-order chi connectivity index (χ1) is 8.11. The van der Waals surface area contributed by atoms with Gasteiger partial charge in [-0.05, 0) is 32.8 Å². The summed E-state index contributed by atoms with van der Waals surface area (Å²) in [5.74, 6) is -0.0611. The number of amides is 2. The van der Waals surface area contributed by atoms with Crippen molar-refractivity contribution in [3.63, 3.8) is 0 Å². The minimum Gasteiger partial charge on any atom is -0.300 e. The lowest BCUT2D eigenvalue weighted by Gasteiger charge is -2.12. The van der Waals surface area contributed by atoms with E-state index < -0.39 is 0 Å². The second kappa shape index (κ2) is 9.75. The molecule has 96 valence electrons. The van der Waals surface area contributed by atoms with Gasteiger partial charge in [-0.1, -0.05) is 18.9 Å². The van der Waals surface area contributed by atoms with Crippen LogP contribution in [0.3, 0.4) is 0 Å². The van der Waals surface area contributed by atoms with Crippen molar-refractivity contribution in [3.8, 4) is 0 Å². The van der Waals surface area contributed by atoms with Crippen LogP contribution in [0.15, 0.2) is 12.2 Å². The van der Waals surface area contributed by atoms with Gasteiger partial charge in [0.1, 0.15) is 5.78 Å². The van der Waals surface area contributed by atoms with Gasteiger partial charge < -0.3 is 4.79 Å². The maximum atomic E-state index is 11.3. The molecule has 0 saturated heterocycles. The minimum absolute atomic E-state index is 0.211. The summed E-state index contributed by atoms with van der Waals surface area (Å²) < 4.78 is 0. The number of allylic oxidation sites excluding steroid dienone is 1. The van der Waals surface area contributed by atoms with E-state index in [1.54, 1.807) is 19.9 Å². The highest BCUT2D eigenvalue weighted by Gasteiger charge is 2.07. The summed E-state index contributed by atoms with van der Waals surface area (Å²) in [5, 5.41) is 0. The molecule has 0 bridgehead atoms. The van der Waals surface area contributed by atoms with E-state index in [1.807, 2.05) is 0 Å². The fraction of sp³-hybridized carbons (Fsp3) is 0.615. The maximum Gasteiger partial charge on any atom is 0.252 e. The summed E-state index contributed by atoms with van der Waals surface area (Å²) in [6.45, 7) is 3.78. The second-order valence-electron chi connectivity index (χ2n) is 4.00. The number of ketones is 1. The molecular formula is C13H21NO3. The highest BCUT2D eigenvalue weighted by molar-refractivity contribution is 5.94. The van der Waals surface area contributed by atoms with Crippen molar-refractivity contribution < 1.29 is 14.4 Å². The number of hydrogen-bond donors (Lipinski definition) is 0. The van der Waals surface area contributed by atoms with Crippen molar-refractivity contribution in [1.82, 2.24) is 4.90 Å². The Labute approximate surface area is 103 Å². The zero-order chi connectivity index (χ0) is 13.1. The average Bonchev–Trinajstić information content (AvgIpc) is 2.28. The van der Waals surface area contributed by atoms with Crippen molar-refractivity contribution in [2.75, 3.05) is 6.54 Å². The molecule has 0 aliphatic carbocycles. The molecule has 0 fully saturated rings. The average molecular weight is 239 g/mol. The first-order valence-corrected chi connectivity index (χ1v) is 5.99. The summed E-state index contributed by atoms with van der Waals surface area (Å²) in [6.07, 6.45) is 7.76. The Morgan fingerprint density at radius 3 is 2.29 bits per heavy atom. The zero-order valence-corrected chi connectivity index (χ0v) is 10.6. The number of imide groups is 1. The van der Waals surface area contributed by atoms with E-state index in [2.05, 4.69) is 0 Å². The lowest BCUT2D eigenvalue weighted by Crippen LogP contribution is -2.28. The predicted molar refractivity (Wildman–Crippen MR) is 66.4 cm³/mol. The van der Waals surface area contributed by atoms with Gasteiger partial charge in [0, 0.05) is 13.0 Å². The van der Waals surface area contributed by atoms with E-state index in [4.69, 9.17) is 0 Å². The van der Waals surface area contributed by atoms with Gasteiger partial charge in [0.15, 0.2) is 0 Å². The smallest absolute Gasteiger partial charge is 0.252 e. The molecule has 0 aliphatic heterocycles. The third-order valence-corrected chi connectivity index (χ3v) is 2.40. The third-order valence-electron chi connectivity index (χ3n) is 2.40. The monoisotopic (exact) mass is 239 g/mol. The molecule has 17 heavy (non-hydrogen) atoms. The van der Waals surface area contributed by atoms with Crippen LogP contribution in [0.1, 0.15) is 46.0 Å². The standard InChI is InChI=1S/C13H21NO3/c1-3-8-13(17)14(11-15)10-7-5-4-6-9-12(2)16/h3,8,11H,4-7,9-10H2,1-2H3/b8-3-. The number of Topliss-reactive ketones (excluding diaryl/α,β-unsaturated/α-hetero) is 1. The van der Waals surface area contributed by atoms with Crippen LogP contribution in [0.2, 0.25) is 0 Å². The number of rotatable bonds is 9. The molecule has 0 N–H and O–H groups in total. The Morgan fingerprint density at radius 1 is 1.12 bits per heavy atom. The summed E-state index contributed by atoms with van der Waals surface area (Å²) in [6, 6.07) is 0. The molecule has 0 atom stereocenters. The number of unbranched alkanes of at least 4 members (excludes halogenated alkanes) is 3. The van der Waals surface area contributed by atoms with Crippen LogP contribution >= 0.6 is 0 Å². The lowest BCUT2D eigenvalue weighted by atomic mass is 10.1. The molecule has 0 aromatic heterocycles. The fourth-order valence-corrected chi connectivity index (χ4v) is 1.46. The van der Waals surface area contributed by atoms with Crippen LogP contribution in [-0.4, -0.2) is 29.5 Å². The van der Waals surface area contributed by atoms with Gasteiger partial charge in [-0.25, -0.2) is 0 Å². The fourth-order valence-electron chi connectivity index (χ4n) is 1.46. The van der Waals surface area contributed by atoms with Crippen LogP contribution in [0, 0.1) is 0 Å². The summed E-state index contributed by atoms with van der Waals surface area (Å²) >= 11 is 0. The Kier molecular flexibility index (Phi) is 8.92. The molecule has 4 heteroatoms. The lowest BCUT2D eigenvalue weighted by molar-refractivity contribution is -0.134. The van der Waals surface area contributed by atoms with Crippen molar-refractivity contribution in [3.05, 3.63) is 12.2 Å². The van der Waals surface area contributed by atoms with Crippen molar-refractivity contribution in [1.29, 1.82) is 0 Å². The second-order valence-corrected chi connectivity index (χ2v) is 4.00. The number of nitrogens with zero attached hydrogens (tertiary/aromatic N) is 1. The van der Waals surface area contributed by atoms with Gasteiger partial charge in [-0.2, -0.15) is 0 Å². The van der Waals surface area contributed by atoms with Gasteiger partial charge >= 0.3 is 0 Å². The molecule has 0 radical (unpaired) electrons. The molecule has 0 unspecified atom stereocenters. The van der Waals surface area contributed by atoms with Crippen LogP contribution < -0.4 is 0 Å². The van der Waals surface area contributed by atoms with Crippen molar-refractivity contribution in [2.24, 2.45) is 0 Å². The van der Waals surface area contributed by atoms with Gasteiger partial charge in [0.05, 0.1) is 0 Å². The molecule has 0 saturated carbocycles. The molecule has 4 nitrogen and oxygen atoms in total. The summed E-state index contributed by atoms with van der Waals surface area (Å²) in [4.78, 5) is 33.9. The van der Waals surface area contributed by atoms with E-state index in [0.717, 1.165) is 25.7 Å². The Bertz CT molecular complexity index is 284. The Morgan fingerprint density at radius 2 is 1.76 bits per heavy atom. The molecule has 0 spiro atoms. The van der Waals surface area contributed by atoms with Gasteiger partial charge in [-0.15, -0.1) is 0 Å². The summed E-state index contributed by atoms with van der Waals surface area (Å²) in [5.41, 5.74) is 0. The molecule has 0 rings (SSSR count). The normalized spacial score (nSPS) is 10.5. The molecule has 0 aromatic carbocycles. The number of carbonyl (C=O) groups is 3. The predicted octanol–water partition coefficient (Wildman–Crippen LogP) is 2.09.